The van der Waals surface area contributed by atoms with Crippen LogP contribution in [0.5, 0.6) is 0 Å². The predicted molar refractivity (Wildman–Crippen MR) is 101 cm³/mol. The average Bonchev–Trinajstić information content (AvgIpc) is 2.53. The molecule has 1 fully saturated rings. The van der Waals surface area contributed by atoms with Crippen molar-refractivity contribution in [1.82, 2.24) is 4.90 Å². The molecule has 0 bridgehead atoms. The van der Waals surface area contributed by atoms with Gasteiger partial charge in [-0.05, 0) is 18.6 Å². The smallest absolute Gasteiger partial charge is 0.146 e. The summed E-state index contributed by atoms with van der Waals surface area (Å²) in [6.45, 7) is 7.09. The zero-order valence-electron chi connectivity index (χ0n) is 14.2. The van der Waals surface area contributed by atoms with Gasteiger partial charge in [0.1, 0.15) is 5.82 Å². The minimum atomic E-state index is -0.447. The summed E-state index contributed by atoms with van der Waals surface area (Å²) in [5.74, 6) is -0.166. The van der Waals surface area contributed by atoms with Gasteiger partial charge >= 0.3 is 0 Å². The van der Waals surface area contributed by atoms with Gasteiger partial charge in [0.25, 0.3) is 0 Å². The summed E-state index contributed by atoms with van der Waals surface area (Å²) in [7, 11) is 0. The summed E-state index contributed by atoms with van der Waals surface area (Å²) in [6, 6.07) is 6.90. The maximum atomic E-state index is 13.8. The van der Waals surface area contributed by atoms with Crippen LogP contribution in [0.4, 0.5) is 10.1 Å². The van der Waals surface area contributed by atoms with E-state index >= 15 is 0 Å². The van der Waals surface area contributed by atoms with E-state index in [0.717, 1.165) is 39.0 Å². The van der Waals surface area contributed by atoms with E-state index in [2.05, 4.69) is 16.7 Å². The van der Waals surface area contributed by atoms with Crippen LogP contribution in [0.25, 0.3) is 0 Å². The number of aliphatic hydroxyl groups excluding tert-OH is 1. The van der Waals surface area contributed by atoms with Crippen molar-refractivity contribution in [2.75, 3.05) is 50.8 Å². The van der Waals surface area contributed by atoms with Crippen LogP contribution in [0.1, 0.15) is 19.8 Å². The molecule has 1 atom stereocenters. The number of hydrogen-bond donors (Lipinski definition) is 1. The minimum Gasteiger partial charge on any atom is -0.389 e. The lowest BCUT2D eigenvalue weighted by molar-refractivity contribution is 0.0150. The maximum Gasteiger partial charge on any atom is 0.146 e. The second kappa shape index (κ2) is 12.7. The summed E-state index contributed by atoms with van der Waals surface area (Å²) < 4.78 is 19.2. The molecule has 1 N–H and O–H groups in total. The standard InChI is InChI=1S/C17H27FN2O2.2ClH/c1-2-3-12-22-14-15(21)13-19-8-10-20(11-9-19)17-7-5-4-6-16(17)18;;/h4-7,15,21H,2-3,8-14H2,1H3;2*1H. The molecule has 7 heteroatoms. The molecule has 4 nitrogen and oxygen atoms in total. The number of ether oxygens (including phenoxy) is 1. The molecule has 0 amide bonds. The number of anilines is 1. The number of unbranched alkanes of at least 4 members (excludes halogenated alkanes) is 1. The van der Waals surface area contributed by atoms with E-state index in [0.29, 0.717) is 25.4 Å². The third-order valence-electron chi connectivity index (χ3n) is 3.99. The largest absolute Gasteiger partial charge is 0.389 e. The van der Waals surface area contributed by atoms with Crippen LogP contribution < -0.4 is 4.90 Å². The van der Waals surface area contributed by atoms with Crippen LogP contribution >= 0.6 is 24.8 Å². The summed E-state index contributed by atoms with van der Waals surface area (Å²) >= 11 is 0. The number of aliphatic hydroxyl groups is 1. The van der Waals surface area contributed by atoms with E-state index in [9.17, 15) is 9.50 Å². The molecule has 2 rings (SSSR count). The first-order valence-electron chi connectivity index (χ1n) is 8.18. The fraction of sp³-hybridized carbons (Fsp3) is 0.647. The van der Waals surface area contributed by atoms with E-state index < -0.39 is 6.10 Å². The molecule has 140 valence electrons. The summed E-state index contributed by atoms with van der Waals surface area (Å²) in [5, 5.41) is 9.99. The Bertz CT molecular complexity index is 446. The van der Waals surface area contributed by atoms with Crippen molar-refractivity contribution in [2.45, 2.75) is 25.9 Å². The number of halogens is 3. The van der Waals surface area contributed by atoms with Crippen molar-refractivity contribution in [2.24, 2.45) is 0 Å². The van der Waals surface area contributed by atoms with E-state index in [1.165, 1.54) is 6.07 Å². The van der Waals surface area contributed by atoms with Gasteiger partial charge in [0.05, 0.1) is 18.4 Å². The van der Waals surface area contributed by atoms with Gasteiger partial charge in [-0.2, -0.15) is 0 Å². The van der Waals surface area contributed by atoms with Gasteiger partial charge in [-0.3, -0.25) is 4.90 Å². The fourth-order valence-corrected chi connectivity index (χ4v) is 2.70. The van der Waals surface area contributed by atoms with Gasteiger partial charge in [0, 0.05) is 39.3 Å². The number of para-hydroxylation sites is 1. The lowest BCUT2D eigenvalue weighted by Gasteiger charge is -2.36. The Kier molecular flexibility index (Phi) is 12.4. The molecule has 0 aromatic heterocycles. The monoisotopic (exact) mass is 382 g/mol. The Hall–Kier alpha value is -0.590. The summed E-state index contributed by atoms with van der Waals surface area (Å²) in [4.78, 5) is 4.28. The van der Waals surface area contributed by atoms with E-state index in [4.69, 9.17) is 4.74 Å². The van der Waals surface area contributed by atoms with Crippen LogP contribution in [0, 0.1) is 5.82 Å². The van der Waals surface area contributed by atoms with Crippen molar-refractivity contribution in [1.29, 1.82) is 0 Å². The van der Waals surface area contributed by atoms with Crippen LogP contribution in [0.15, 0.2) is 24.3 Å². The molecule has 0 aliphatic carbocycles. The maximum absolute atomic E-state index is 13.8. The van der Waals surface area contributed by atoms with Crippen molar-refractivity contribution >= 4 is 30.5 Å². The second-order valence-corrected chi connectivity index (χ2v) is 5.82. The number of nitrogens with zero attached hydrogens (tertiary/aromatic N) is 2. The Morgan fingerprint density at radius 2 is 1.83 bits per heavy atom. The Balaban J connectivity index is 0.00000264. The highest BCUT2D eigenvalue weighted by molar-refractivity contribution is 5.85. The molecular formula is C17H29Cl2FN2O2. The first-order chi connectivity index (χ1) is 10.7. The van der Waals surface area contributed by atoms with Gasteiger partial charge in [-0.15, -0.1) is 24.8 Å². The Morgan fingerprint density at radius 1 is 1.17 bits per heavy atom. The van der Waals surface area contributed by atoms with Crippen LogP contribution in [-0.2, 0) is 4.74 Å². The van der Waals surface area contributed by atoms with Crippen molar-refractivity contribution < 1.29 is 14.2 Å². The van der Waals surface area contributed by atoms with Gasteiger partial charge in [-0.1, -0.05) is 25.5 Å². The Labute approximate surface area is 156 Å². The molecule has 0 spiro atoms. The third-order valence-corrected chi connectivity index (χ3v) is 3.99. The van der Waals surface area contributed by atoms with Gasteiger partial charge in [0.2, 0.25) is 0 Å². The first-order valence-corrected chi connectivity index (χ1v) is 8.18. The van der Waals surface area contributed by atoms with E-state index in [1.54, 1.807) is 6.07 Å². The molecule has 1 aromatic rings. The predicted octanol–water partition coefficient (Wildman–Crippen LogP) is 2.97. The second-order valence-electron chi connectivity index (χ2n) is 5.82. The highest BCUT2D eigenvalue weighted by atomic mass is 35.5. The normalized spacial score (nSPS) is 16.2. The summed E-state index contributed by atoms with van der Waals surface area (Å²) in [6.07, 6.45) is 1.69. The molecule has 1 saturated heterocycles. The van der Waals surface area contributed by atoms with Crippen LogP contribution in [0.3, 0.4) is 0 Å². The lowest BCUT2D eigenvalue weighted by atomic mass is 10.2. The number of hydrogen-bond acceptors (Lipinski definition) is 4. The number of benzene rings is 1. The SMILES string of the molecule is CCCCOCC(O)CN1CCN(c2ccccc2F)CC1.Cl.Cl. The topological polar surface area (TPSA) is 35.9 Å². The molecule has 0 radical (unpaired) electrons. The van der Waals surface area contributed by atoms with Crippen molar-refractivity contribution in [3.8, 4) is 0 Å². The van der Waals surface area contributed by atoms with Crippen LogP contribution in [0.2, 0.25) is 0 Å². The number of rotatable bonds is 8. The first kappa shape index (κ1) is 23.4. The molecule has 1 aliphatic heterocycles. The van der Waals surface area contributed by atoms with Crippen molar-refractivity contribution in [3.63, 3.8) is 0 Å². The zero-order chi connectivity index (χ0) is 15.8. The Morgan fingerprint density at radius 3 is 2.46 bits per heavy atom. The molecule has 0 saturated carbocycles. The highest BCUT2D eigenvalue weighted by Crippen LogP contribution is 2.20. The van der Waals surface area contributed by atoms with Gasteiger partial charge in [0.15, 0.2) is 0 Å². The van der Waals surface area contributed by atoms with Gasteiger partial charge < -0.3 is 14.7 Å². The molecule has 1 unspecified atom stereocenters. The van der Waals surface area contributed by atoms with Crippen molar-refractivity contribution in [3.05, 3.63) is 30.1 Å². The number of β-amino-alcohol motifs (C(OH)–C–C–N with tert-alkyl or cyclic N) is 1. The summed E-state index contributed by atoms with van der Waals surface area (Å²) in [5.41, 5.74) is 0.672. The molecule has 1 aromatic carbocycles. The third kappa shape index (κ3) is 7.53. The molecule has 1 aliphatic rings. The minimum absolute atomic E-state index is 0. The van der Waals surface area contributed by atoms with Gasteiger partial charge in [-0.25, -0.2) is 4.39 Å². The average molecular weight is 383 g/mol. The number of piperazine rings is 1. The molecular weight excluding hydrogens is 354 g/mol. The van der Waals surface area contributed by atoms with Crippen LogP contribution in [-0.4, -0.2) is 62.0 Å². The highest BCUT2D eigenvalue weighted by Gasteiger charge is 2.20. The van der Waals surface area contributed by atoms with E-state index in [1.807, 2.05) is 12.1 Å². The molecule has 1 heterocycles. The molecule has 24 heavy (non-hydrogen) atoms. The lowest BCUT2D eigenvalue weighted by Crippen LogP contribution is -2.49. The fourth-order valence-electron chi connectivity index (χ4n) is 2.70. The van der Waals surface area contributed by atoms with E-state index in [-0.39, 0.29) is 30.6 Å². The zero-order valence-corrected chi connectivity index (χ0v) is 15.8. The quantitative estimate of drug-likeness (QED) is 0.701.